The summed E-state index contributed by atoms with van der Waals surface area (Å²) in [5.74, 6) is -0.296. The number of nitrogen functional groups attached to an aromatic ring is 1. The Morgan fingerprint density at radius 1 is 1.05 bits per heavy atom. The lowest BCUT2D eigenvalue weighted by molar-refractivity contribution is -0.142. The van der Waals surface area contributed by atoms with Gasteiger partial charge in [0.15, 0.2) is 23.8 Å². The Kier molecular flexibility index (Phi) is 12.1. The van der Waals surface area contributed by atoms with Crippen LogP contribution >= 0.6 is 0 Å². The maximum absolute atomic E-state index is 13.0. The molecule has 0 radical (unpaired) electrons. The molecule has 208 valence electrons. The molecular weight excluding hydrogens is 492 g/mol. The summed E-state index contributed by atoms with van der Waals surface area (Å²) in [5, 5.41) is 0. The van der Waals surface area contributed by atoms with Gasteiger partial charge >= 0.3 is 11.7 Å². The van der Waals surface area contributed by atoms with Crippen molar-refractivity contribution in [2.75, 3.05) is 37.0 Å². The van der Waals surface area contributed by atoms with Crippen LogP contribution in [0.4, 0.5) is 11.5 Å². The number of nitrogens with one attached hydrogen (secondary N) is 1. The van der Waals surface area contributed by atoms with Gasteiger partial charge in [-0.25, -0.2) is 9.59 Å². The molecule has 2 aromatic rings. The van der Waals surface area contributed by atoms with Gasteiger partial charge < -0.3 is 24.8 Å². The Hall–Kier alpha value is -4.02. The molecule has 3 N–H and O–H groups in total. The number of benzene rings is 1. The maximum Gasteiger partial charge on any atom is 0.331 e. The number of hydrogen-bond donors (Lipinski definition) is 2. The molecule has 0 atom stereocenters. The van der Waals surface area contributed by atoms with Gasteiger partial charge in [-0.1, -0.05) is 33.3 Å². The summed E-state index contributed by atoms with van der Waals surface area (Å²) in [7, 11) is 0. The van der Waals surface area contributed by atoms with Crippen molar-refractivity contribution in [3.05, 3.63) is 50.7 Å². The molecule has 0 saturated heterocycles. The fraction of sp³-hybridized carbons (Fsp3) is 0.481. The van der Waals surface area contributed by atoms with Gasteiger partial charge in [-0.15, -0.1) is 0 Å². The van der Waals surface area contributed by atoms with Crippen molar-refractivity contribution in [1.82, 2.24) is 9.55 Å². The first-order valence-electron chi connectivity index (χ1n) is 12.9. The lowest BCUT2D eigenvalue weighted by Crippen LogP contribution is -2.43. The van der Waals surface area contributed by atoms with E-state index in [-0.39, 0.29) is 24.6 Å². The number of nitrogens with two attached hydrogens (primary N) is 1. The molecule has 11 nitrogen and oxygen atoms in total. The molecule has 38 heavy (non-hydrogen) atoms. The molecule has 0 aliphatic heterocycles. The SMILES string of the molecule is CCCCN(C(=O)COC(=O)C=Cc1ccc(OCCC)c(OCC)c1)c1c(N)n(CCC)c(=O)[nH]c1=O. The van der Waals surface area contributed by atoms with Gasteiger partial charge in [0.25, 0.3) is 11.5 Å². The molecule has 1 heterocycles. The second-order valence-corrected chi connectivity index (χ2v) is 8.47. The number of amides is 1. The maximum atomic E-state index is 13.0. The fourth-order valence-corrected chi connectivity index (χ4v) is 3.61. The quantitative estimate of drug-likeness (QED) is 0.264. The molecule has 1 aromatic heterocycles. The predicted molar refractivity (Wildman–Crippen MR) is 147 cm³/mol. The average molecular weight is 531 g/mol. The summed E-state index contributed by atoms with van der Waals surface area (Å²) >= 11 is 0. The number of nitrogens with zero attached hydrogens (tertiary/aromatic N) is 2. The van der Waals surface area contributed by atoms with E-state index in [4.69, 9.17) is 19.9 Å². The van der Waals surface area contributed by atoms with E-state index in [0.717, 1.165) is 12.8 Å². The highest BCUT2D eigenvalue weighted by molar-refractivity contribution is 5.98. The predicted octanol–water partition coefficient (Wildman–Crippen LogP) is 3.11. The molecule has 2 rings (SSSR count). The van der Waals surface area contributed by atoms with E-state index in [1.807, 2.05) is 27.7 Å². The first kappa shape index (κ1) is 30.2. The number of ether oxygens (including phenoxy) is 3. The zero-order chi connectivity index (χ0) is 28.1. The number of rotatable bonds is 15. The van der Waals surface area contributed by atoms with Crippen molar-refractivity contribution in [2.45, 2.75) is 59.9 Å². The van der Waals surface area contributed by atoms with E-state index in [9.17, 15) is 19.2 Å². The van der Waals surface area contributed by atoms with Crippen molar-refractivity contribution in [3.8, 4) is 11.5 Å². The Labute approximate surface area is 222 Å². The zero-order valence-corrected chi connectivity index (χ0v) is 22.6. The monoisotopic (exact) mass is 530 g/mol. The Balaban J connectivity index is 2.16. The lowest BCUT2D eigenvalue weighted by Gasteiger charge is -2.24. The lowest BCUT2D eigenvalue weighted by atomic mass is 10.2. The number of aromatic amines is 1. The van der Waals surface area contributed by atoms with E-state index < -0.39 is 29.7 Å². The number of unbranched alkanes of at least 4 members (excludes halogenated alkanes) is 1. The number of carbonyl (C=O) groups is 2. The van der Waals surface area contributed by atoms with Crippen LogP contribution in [0.3, 0.4) is 0 Å². The molecule has 0 fully saturated rings. The van der Waals surface area contributed by atoms with Gasteiger partial charge in [-0.05, 0) is 50.0 Å². The van der Waals surface area contributed by atoms with Gasteiger partial charge in [-0.3, -0.25) is 19.1 Å². The molecule has 0 aliphatic carbocycles. The minimum atomic E-state index is -0.771. The summed E-state index contributed by atoms with van der Waals surface area (Å²) < 4.78 is 17.7. The van der Waals surface area contributed by atoms with Crippen molar-refractivity contribution in [3.63, 3.8) is 0 Å². The molecule has 0 spiro atoms. The minimum absolute atomic E-state index is 0.104. The first-order valence-corrected chi connectivity index (χ1v) is 12.9. The van der Waals surface area contributed by atoms with Crippen molar-refractivity contribution in [1.29, 1.82) is 0 Å². The van der Waals surface area contributed by atoms with Crippen LogP contribution in [0.1, 0.15) is 58.9 Å². The topological polar surface area (TPSA) is 146 Å². The van der Waals surface area contributed by atoms with Crippen molar-refractivity contribution >= 4 is 29.5 Å². The molecule has 0 bridgehead atoms. The van der Waals surface area contributed by atoms with E-state index in [2.05, 4.69) is 4.98 Å². The third kappa shape index (κ3) is 8.25. The van der Waals surface area contributed by atoms with Crippen LogP contribution in [0.15, 0.2) is 33.9 Å². The summed E-state index contributed by atoms with van der Waals surface area (Å²) in [4.78, 5) is 53.5. The summed E-state index contributed by atoms with van der Waals surface area (Å²) in [5.41, 5.74) is 5.27. The molecule has 1 amide bonds. The van der Waals surface area contributed by atoms with E-state index in [1.54, 1.807) is 18.2 Å². The Bertz CT molecular complexity index is 1230. The average Bonchev–Trinajstić information content (AvgIpc) is 2.89. The number of aromatic nitrogens is 2. The third-order valence-electron chi connectivity index (χ3n) is 5.45. The highest BCUT2D eigenvalue weighted by Gasteiger charge is 2.24. The molecule has 0 aliphatic rings. The molecule has 0 saturated carbocycles. The van der Waals surface area contributed by atoms with Gasteiger partial charge in [0.05, 0.1) is 13.2 Å². The van der Waals surface area contributed by atoms with Crippen LogP contribution in [-0.2, 0) is 20.9 Å². The smallest absolute Gasteiger partial charge is 0.331 e. The van der Waals surface area contributed by atoms with Crippen LogP contribution in [0.2, 0.25) is 0 Å². The highest BCUT2D eigenvalue weighted by Crippen LogP contribution is 2.29. The Morgan fingerprint density at radius 3 is 2.47 bits per heavy atom. The normalized spacial score (nSPS) is 10.9. The number of carbonyl (C=O) groups excluding carboxylic acids is 2. The number of esters is 1. The fourth-order valence-electron chi connectivity index (χ4n) is 3.61. The van der Waals surface area contributed by atoms with Crippen molar-refractivity contribution in [2.24, 2.45) is 0 Å². The molecule has 11 heteroatoms. The van der Waals surface area contributed by atoms with Gasteiger partial charge in [0, 0.05) is 19.2 Å². The molecule has 1 aromatic carbocycles. The largest absolute Gasteiger partial charge is 0.490 e. The zero-order valence-electron chi connectivity index (χ0n) is 22.6. The summed E-state index contributed by atoms with van der Waals surface area (Å²) in [6.07, 6.45) is 5.51. The van der Waals surface area contributed by atoms with Gasteiger partial charge in [0.1, 0.15) is 5.82 Å². The minimum Gasteiger partial charge on any atom is -0.490 e. The Morgan fingerprint density at radius 2 is 1.82 bits per heavy atom. The van der Waals surface area contributed by atoms with Gasteiger partial charge in [-0.2, -0.15) is 0 Å². The number of H-pyrrole nitrogens is 1. The van der Waals surface area contributed by atoms with E-state index >= 15 is 0 Å². The van der Waals surface area contributed by atoms with Gasteiger partial charge in [0.2, 0.25) is 0 Å². The standard InChI is InChI=1S/C27H38N4O7/c1-5-9-15-30(24-25(28)31(14-6-2)27(35)29-26(24)34)22(32)18-38-23(33)13-11-19-10-12-20(37-16-7-3)21(17-19)36-8-4/h10-13,17H,5-9,14-16,18,28H2,1-4H3,(H,29,34,35). The van der Waals surface area contributed by atoms with Crippen molar-refractivity contribution < 1.29 is 23.8 Å². The number of anilines is 2. The van der Waals surface area contributed by atoms with Crippen LogP contribution in [-0.4, -0.2) is 47.8 Å². The molecule has 0 unspecified atom stereocenters. The second-order valence-electron chi connectivity index (χ2n) is 8.47. The van der Waals surface area contributed by atoms with Crippen LogP contribution in [0.25, 0.3) is 6.08 Å². The highest BCUT2D eigenvalue weighted by atomic mass is 16.5. The van der Waals surface area contributed by atoms with Crippen LogP contribution < -0.4 is 31.4 Å². The summed E-state index contributed by atoms with van der Waals surface area (Å²) in [6.45, 7) is 8.52. The second kappa shape index (κ2) is 15.3. The molecular formula is C27H38N4O7. The van der Waals surface area contributed by atoms with E-state index in [0.29, 0.717) is 43.1 Å². The first-order chi connectivity index (χ1) is 18.3. The van der Waals surface area contributed by atoms with E-state index in [1.165, 1.54) is 21.6 Å². The summed E-state index contributed by atoms with van der Waals surface area (Å²) in [6, 6.07) is 5.28. The third-order valence-corrected chi connectivity index (χ3v) is 5.45. The van der Waals surface area contributed by atoms with Crippen LogP contribution in [0.5, 0.6) is 11.5 Å². The van der Waals surface area contributed by atoms with Crippen LogP contribution in [0, 0.1) is 0 Å². The number of hydrogen-bond acceptors (Lipinski definition) is 8.